The van der Waals surface area contributed by atoms with Crippen LogP contribution >= 0.6 is 0 Å². The lowest BCUT2D eigenvalue weighted by molar-refractivity contribution is -0.123. The Balaban J connectivity index is 1.64. The van der Waals surface area contributed by atoms with Crippen LogP contribution < -0.4 is 20.1 Å². The van der Waals surface area contributed by atoms with Gasteiger partial charge in [-0.15, -0.1) is 0 Å². The molecule has 2 rings (SSSR count). The highest BCUT2D eigenvalue weighted by atomic mass is 16.5. The second kappa shape index (κ2) is 7.75. The molecule has 110 valence electrons. The fourth-order valence-corrected chi connectivity index (χ4v) is 2.21. The van der Waals surface area contributed by atoms with E-state index in [4.69, 9.17) is 9.47 Å². The van der Waals surface area contributed by atoms with Gasteiger partial charge in [-0.05, 0) is 43.7 Å². The van der Waals surface area contributed by atoms with Crippen LogP contribution in [0.2, 0.25) is 0 Å². The molecule has 0 radical (unpaired) electrons. The van der Waals surface area contributed by atoms with E-state index in [1.54, 1.807) is 7.11 Å². The molecule has 0 unspecified atom stereocenters. The normalized spacial score (nSPS) is 18.4. The molecule has 1 heterocycles. The maximum Gasteiger partial charge on any atom is 0.237 e. The summed E-state index contributed by atoms with van der Waals surface area (Å²) >= 11 is 0. The minimum Gasteiger partial charge on any atom is -0.497 e. The van der Waals surface area contributed by atoms with Crippen molar-refractivity contribution in [1.29, 1.82) is 0 Å². The van der Waals surface area contributed by atoms with Gasteiger partial charge in [0.2, 0.25) is 5.91 Å². The first kappa shape index (κ1) is 14.7. The highest BCUT2D eigenvalue weighted by Crippen LogP contribution is 2.16. The minimum atomic E-state index is -0.0373. The summed E-state index contributed by atoms with van der Waals surface area (Å²) in [6.45, 7) is 1.91. The Labute approximate surface area is 119 Å². The minimum absolute atomic E-state index is 0.0373. The molecule has 1 aliphatic rings. The van der Waals surface area contributed by atoms with Crippen LogP contribution in [-0.2, 0) is 4.79 Å². The predicted molar refractivity (Wildman–Crippen MR) is 77.1 cm³/mol. The smallest absolute Gasteiger partial charge is 0.237 e. The Morgan fingerprint density at radius 3 is 2.70 bits per heavy atom. The van der Waals surface area contributed by atoms with Gasteiger partial charge < -0.3 is 20.1 Å². The average Bonchev–Trinajstić information content (AvgIpc) is 2.53. The number of ether oxygens (including phenoxy) is 2. The van der Waals surface area contributed by atoms with E-state index in [0.29, 0.717) is 13.2 Å². The molecule has 20 heavy (non-hydrogen) atoms. The number of hydrogen-bond acceptors (Lipinski definition) is 4. The van der Waals surface area contributed by atoms with E-state index in [0.717, 1.165) is 37.3 Å². The number of hydrogen-bond donors (Lipinski definition) is 2. The molecule has 1 aromatic carbocycles. The highest BCUT2D eigenvalue weighted by molar-refractivity contribution is 5.81. The van der Waals surface area contributed by atoms with Gasteiger partial charge in [0.1, 0.15) is 18.1 Å². The van der Waals surface area contributed by atoms with E-state index in [-0.39, 0.29) is 11.9 Å². The topological polar surface area (TPSA) is 59.6 Å². The molecule has 1 saturated heterocycles. The van der Waals surface area contributed by atoms with Gasteiger partial charge in [0.05, 0.1) is 19.7 Å². The quantitative estimate of drug-likeness (QED) is 0.771. The Bertz CT molecular complexity index is 414. The van der Waals surface area contributed by atoms with Crippen molar-refractivity contribution < 1.29 is 14.3 Å². The van der Waals surface area contributed by atoms with Crippen molar-refractivity contribution in [2.24, 2.45) is 0 Å². The molecule has 0 spiro atoms. The zero-order chi connectivity index (χ0) is 14.2. The summed E-state index contributed by atoms with van der Waals surface area (Å²) in [7, 11) is 1.63. The number of benzene rings is 1. The van der Waals surface area contributed by atoms with Gasteiger partial charge in [0.15, 0.2) is 0 Å². The summed E-state index contributed by atoms with van der Waals surface area (Å²) in [5, 5.41) is 6.12. The Morgan fingerprint density at radius 1 is 1.30 bits per heavy atom. The number of amides is 1. The first-order chi connectivity index (χ1) is 9.79. The number of carbonyl (C=O) groups excluding carboxylic acids is 1. The summed E-state index contributed by atoms with van der Waals surface area (Å²) in [5.41, 5.74) is 0. The van der Waals surface area contributed by atoms with Crippen LogP contribution in [0.4, 0.5) is 0 Å². The van der Waals surface area contributed by atoms with Crippen LogP contribution in [0, 0.1) is 0 Å². The molecule has 0 aromatic heterocycles. The van der Waals surface area contributed by atoms with Gasteiger partial charge >= 0.3 is 0 Å². The van der Waals surface area contributed by atoms with Crippen molar-refractivity contribution in [3.63, 3.8) is 0 Å². The molecule has 1 fully saturated rings. The summed E-state index contributed by atoms with van der Waals surface area (Å²) in [6, 6.07) is 7.36. The molecule has 0 saturated carbocycles. The Hall–Kier alpha value is -1.75. The molecule has 0 bridgehead atoms. The Kier molecular flexibility index (Phi) is 5.68. The molecule has 1 aromatic rings. The van der Waals surface area contributed by atoms with Crippen LogP contribution in [0.5, 0.6) is 11.5 Å². The van der Waals surface area contributed by atoms with Crippen molar-refractivity contribution in [1.82, 2.24) is 10.6 Å². The number of rotatable bonds is 6. The molecule has 5 nitrogen and oxygen atoms in total. The first-order valence-electron chi connectivity index (χ1n) is 7.07. The molecule has 0 aliphatic carbocycles. The van der Waals surface area contributed by atoms with Gasteiger partial charge in [-0.2, -0.15) is 0 Å². The average molecular weight is 278 g/mol. The van der Waals surface area contributed by atoms with E-state index >= 15 is 0 Å². The van der Waals surface area contributed by atoms with E-state index in [1.165, 1.54) is 0 Å². The van der Waals surface area contributed by atoms with Gasteiger partial charge in [-0.1, -0.05) is 6.42 Å². The fraction of sp³-hybridized carbons (Fsp3) is 0.533. The molecule has 1 aliphatic heterocycles. The van der Waals surface area contributed by atoms with Gasteiger partial charge in [-0.25, -0.2) is 0 Å². The van der Waals surface area contributed by atoms with Crippen molar-refractivity contribution in [2.45, 2.75) is 25.3 Å². The first-order valence-corrected chi connectivity index (χ1v) is 7.07. The van der Waals surface area contributed by atoms with E-state index in [2.05, 4.69) is 10.6 Å². The van der Waals surface area contributed by atoms with E-state index in [1.807, 2.05) is 24.3 Å². The van der Waals surface area contributed by atoms with Crippen molar-refractivity contribution in [3.05, 3.63) is 24.3 Å². The Morgan fingerprint density at radius 2 is 2.05 bits per heavy atom. The molecule has 5 heteroatoms. The molecular weight excluding hydrogens is 256 g/mol. The third-order valence-corrected chi connectivity index (χ3v) is 3.36. The van der Waals surface area contributed by atoms with Gasteiger partial charge in [-0.3, -0.25) is 4.79 Å². The van der Waals surface area contributed by atoms with Crippen LogP contribution in [-0.4, -0.2) is 38.8 Å². The predicted octanol–water partition coefficient (Wildman–Crippen LogP) is 1.33. The van der Waals surface area contributed by atoms with E-state index in [9.17, 15) is 4.79 Å². The number of carbonyl (C=O) groups is 1. The second-order valence-electron chi connectivity index (χ2n) is 4.82. The van der Waals surface area contributed by atoms with Crippen molar-refractivity contribution in [2.75, 3.05) is 26.8 Å². The third kappa shape index (κ3) is 4.42. The number of piperidine rings is 1. The lowest BCUT2D eigenvalue weighted by atomic mass is 10.0. The van der Waals surface area contributed by atoms with Crippen LogP contribution in [0.1, 0.15) is 19.3 Å². The maximum atomic E-state index is 11.8. The lowest BCUT2D eigenvalue weighted by Crippen LogP contribution is -2.47. The molecule has 2 N–H and O–H groups in total. The summed E-state index contributed by atoms with van der Waals surface area (Å²) < 4.78 is 10.6. The monoisotopic (exact) mass is 278 g/mol. The maximum absolute atomic E-state index is 11.8. The molecule has 1 amide bonds. The summed E-state index contributed by atoms with van der Waals surface area (Å²) in [4.78, 5) is 11.8. The second-order valence-corrected chi connectivity index (χ2v) is 4.82. The van der Waals surface area contributed by atoms with Crippen LogP contribution in [0.25, 0.3) is 0 Å². The van der Waals surface area contributed by atoms with Crippen molar-refractivity contribution >= 4 is 5.91 Å². The lowest BCUT2D eigenvalue weighted by Gasteiger charge is -2.22. The molecular formula is C15H22N2O3. The zero-order valence-electron chi connectivity index (χ0n) is 11.9. The summed E-state index contributed by atoms with van der Waals surface area (Å²) in [5.74, 6) is 1.65. The van der Waals surface area contributed by atoms with Gasteiger partial charge in [0, 0.05) is 0 Å². The van der Waals surface area contributed by atoms with Gasteiger partial charge in [0.25, 0.3) is 0 Å². The fourth-order valence-electron chi connectivity index (χ4n) is 2.21. The van der Waals surface area contributed by atoms with E-state index < -0.39 is 0 Å². The van der Waals surface area contributed by atoms with Crippen molar-refractivity contribution in [3.8, 4) is 11.5 Å². The summed E-state index contributed by atoms with van der Waals surface area (Å²) in [6.07, 6.45) is 3.20. The largest absolute Gasteiger partial charge is 0.497 e. The van der Waals surface area contributed by atoms with Crippen LogP contribution in [0.3, 0.4) is 0 Å². The third-order valence-electron chi connectivity index (χ3n) is 3.36. The number of nitrogens with one attached hydrogen (secondary N) is 2. The standard InChI is InChI=1S/C15H22N2O3/c1-19-12-5-7-13(8-6-12)20-11-10-17-15(18)14-4-2-3-9-16-14/h5-8,14,16H,2-4,9-11H2,1H3,(H,17,18)/t14-/m1/s1. The highest BCUT2D eigenvalue weighted by Gasteiger charge is 2.19. The molecule has 1 atom stereocenters. The zero-order valence-corrected chi connectivity index (χ0v) is 11.9. The number of methoxy groups -OCH3 is 1. The SMILES string of the molecule is COc1ccc(OCCNC(=O)[C@H]2CCCCN2)cc1. The van der Waals surface area contributed by atoms with Crippen LogP contribution in [0.15, 0.2) is 24.3 Å².